The molecule has 0 bridgehead atoms. The zero-order valence-corrected chi connectivity index (χ0v) is 12.1. The Morgan fingerprint density at radius 2 is 2.14 bits per heavy atom. The maximum atomic E-state index is 9.28. The summed E-state index contributed by atoms with van der Waals surface area (Å²) in [4.78, 5) is 6.62. The van der Waals surface area contributed by atoms with Gasteiger partial charge in [-0.25, -0.2) is 0 Å². The summed E-state index contributed by atoms with van der Waals surface area (Å²) in [7, 11) is 0. The number of hydrogen-bond donors (Lipinski definition) is 1. The molecule has 3 rings (SSSR count). The third-order valence-electron chi connectivity index (χ3n) is 4.03. The average molecular weight is 291 g/mol. The maximum absolute atomic E-state index is 9.28. The van der Waals surface area contributed by atoms with Gasteiger partial charge in [0, 0.05) is 12.6 Å². The minimum absolute atomic E-state index is 0.148. The fraction of sp³-hybridized carbons (Fsp3) is 0.600. The molecule has 21 heavy (non-hydrogen) atoms. The lowest BCUT2D eigenvalue weighted by Crippen LogP contribution is -2.38. The second kappa shape index (κ2) is 6.87. The van der Waals surface area contributed by atoms with Gasteiger partial charge in [0.25, 0.3) is 0 Å². The lowest BCUT2D eigenvalue weighted by atomic mass is 9.94. The molecule has 2 aromatic rings. The molecule has 2 aromatic heterocycles. The highest BCUT2D eigenvalue weighted by atomic mass is 16.5. The van der Waals surface area contributed by atoms with Crippen LogP contribution in [0.3, 0.4) is 0 Å². The number of aliphatic hydroxyl groups excluding tert-OH is 1. The summed E-state index contributed by atoms with van der Waals surface area (Å²) in [6, 6.07) is 4.11. The van der Waals surface area contributed by atoms with Crippen LogP contribution < -0.4 is 0 Å². The quantitative estimate of drug-likeness (QED) is 0.881. The van der Waals surface area contributed by atoms with E-state index < -0.39 is 0 Å². The van der Waals surface area contributed by atoms with Crippen molar-refractivity contribution in [1.29, 1.82) is 0 Å². The van der Waals surface area contributed by atoms with Crippen LogP contribution in [0.4, 0.5) is 0 Å². The molecular weight excluding hydrogens is 270 g/mol. The van der Waals surface area contributed by atoms with Crippen molar-refractivity contribution < 1.29 is 14.0 Å². The second-order valence-corrected chi connectivity index (χ2v) is 5.47. The molecule has 1 saturated carbocycles. The van der Waals surface area contributed by atoms with Crippen LogP contribution in [0.25, 0.3) is 11.6 Å². The van der Waals surface area contributed by atoms with E-state index >= 15 is 0 Å². The Bertz CT molecular complexity index is 532. The molecule has 0 amide bonds. The van der Waals surface area contributed by atoms with Crippen LogP contribution in [-0.2, 0) is 6.54 Å². The van der Waals surface area contributed by atoms with E-state index in [0.29, 0.717) is 36.6 Å². The van der Waals surface area contributed by atoms with Crippen LogP contribution in [0.1, 0.15) is 38.0 Å². The molecule has 0 aliphatic heterocycles. The van der Waals surface area contributed by atoms with Crippen LogP contribution in [0, 0.1) is 0 Å². The molecule has 0 atom stereocenters. The maximum Gasteiger partial charge on any atom is 0.241 e. The summed E-state index contributed by atoms with van der Waals surface area (Å²) in [6.45, 7) is 1.37. The Kier molecular flexibility index (Phi) is 4.67. The SMILES string of the molecule is OCCN(Cc1nc(-c2ccco2)no1)C1CCCCC1. The summed E-state index contributed by atoms with van der Waals surface area (Å²) in [5, 5.41) is 13.2. The smallest absolute Gasteiger partial charge is 0.241 e. The summed E-state index contributed by atoms with van der Waals surface area (Å²) >= 11 is 0. The first-order valence-electron chi connectivity index (χ1n) is 7.58. The van der Waals surface area contributed by atoms with Gasteiger partial charge < -0.3 is 14.0 Å². The number of nitrogens with zero attached hydrogens (tertiary/aromatic N) is 3. The zero-order chi connectivity index (χ0) is 14.5. The van der Waals surface area contributed by atoms with E-state index in [1.165, 1.54) is 32.1 Å². The minimum atomic E-state index is 0.148. The standard InChI is InChI=1S/C15H21N3O3/c19-9-8-18(12-5-2-1-3-6-12)11-14-16-15(17-21-14)13-7-4-10-20-13/h4,7,10,12,19H,1-3,5-6,8-9,11H2. The summed E-state index contributed by atoms with van der Waals surface area (Å²) in [5.74, 6) is 1.65. The lowest BCUT2D eigenvalue weighted by molar-refractivity contribution is 0.105. The highest BCUT2D eigenvalue weighted by Crippen LogP contribution is 2.24. The molecule has 6 nitrogen and oxygen atoms in total. The molecule has 0 unspecified atom stereocenters. The molecule has 0 saturated heterocycles. The van der Waals surface area contributed by atoms with Gasteiger partial charge in [-0.2, -0.15) is 4.98 Å². The van der Waals surface area contributed by atoms with Crippen LogP contribution in [0.5, 0.6) is 0 Å². The zero-order valence-electron chi connectivity index (χ0n) is 12.1. The van der Waals surface area contributed by atoms with Crippen LogP contribution in [0.2, 0.25) is 0 Å². The van der Waals surface area contributed by atoms with Crippen molar-refractivity contribution in [2.45, 2.75) is 44.7 Å². The first-order chi connectivity index (χ1) is 10.4. The van der Waals surface area contributed by atoms with E-state index in [2.05, 4.69) is 15.0 Å². The first kappa shape index (κ1) is 14.3. The Morgan fingerprint density at radius 1 is 1.29 bits per heavy atom. The number of hydrogen-bond acceptors (Lipinski definition) is 6. The average Bonchev–Trinajstić information content (AvgIpc) is 3.19. The van der Waals surface area contributed by atoms with Crippen LogP contribution in [0.15, 0.2) is 27.3 Å². The first-order valence-corrected chi connectivity index (χ1v) is 7.58. The molecule has 0 radical (unpaired) electrons. The Morgan fingerprint density at radius 3 is 2.86 bits per heavy atom. The predicted molar refractivity (Wildman–Crippen MR) is 76.4 cm³/mol. The van der Waals surface area contributed by atoms with E-state index in [1.807, 2.05) is 0 Å². The lowest BCUT2D eigenvalue weighted by Gasteiger charge is -2.32. The largest absolute Gasteiger partial charge is 0.461 e. The molecule has 1 aliphatic carbocycles. The fourth-order valence-corrected chi connectivity index (χ4v) is 2.96. The topological polar surface area (TPSA) is 75.5 Å². The number of rotatable bonds is 6. The normalized spacial score (nSPS) is 16.7. The van der Waals surface area contributed by atoms with Crippen molar-refractivity contribution in [3.05, 3.63) is 24.3 Å². The molecule has 0 aromatic carbocycles. The van der Waals surface area contributed by atoms with Gasteiger partial charge in [-0.1, -0.05) is 24.4 Å². The molecule has 0 spiro atoms. The summed E-state index contributed by atoms with van der Waals surface area (Å²) < 4.78 is 10.6. The fourth-order valence-electron chi connectivity index (χ4n) is 2.96. The molecule has 1 fully saturated rings. The van der Waals surface area contributed by atoms with Gasteiger partial charge in [0.05, 0.1) is 19.4 Å². The Balaban J connectivity index is 1.67. The van der Waals surface area contributed by atoms with Gasteiger partial charge in [-0.3, -0.25) is 4.90 Å². The van der Waals surface area contributed by atoms with E-state index in [1.54, 1.807) is 18.4 Å². The number of aliphatic hydroxyl groups is 1. The number of furan rings is 1. The van der Waals surface area contributed by atoms with Gasteiger partial charge in [0.2, 0.25) is 11.7 Å². The van der Waals surface area contributed by atoms with Gasteiger partial charge in [0.15, 0.2) is 5.76 Å². The molecule has 1 N–H and O–H groups in total. The van der Waals surface area contributed by atoms with E-state index in [9.17, 15) is 5.11 Å². The minimum Gasteiger partial charge on any atom is -0.461 e. The van der Waals surface area contributed by atoms with Crippen molar-refractivity contribution >= 4 is 0 Å². The highest BCUT2D eigenvalue weighted by molar-refractivity contribution is 5.44. The van der Waals surface area contributed by atoms with E-state index in [4.69, 9.17) is 8.94 Å². The molecule has 6 heteroatoms. The van der Waals surface area contributed by atoms with Crippen LogP contribution >= 0.6 is 0 Å². The van der Waals surface area contributed by atoms with Crippen molar-refractivity contribution in [2.24, 2.45) is 0 Å². The van der Waals surface area contributed by atoms with Crippen molar-refractivity contribution in [3.63, 3.8) is 0 Å². The van der Waals surface area contributed by atoms with E-state index in [0.717, 1.165) is 0 Å². The Labute approximate surface area is 123 Å². The monoisotopic (exact) mass is 291 g/mol. The van der Waals surface area contributed by atoms with Gasteiger partial charge >= 0.3 is 0 Å². The van der Waals surface area contributed by atoms with Gasteiger partial charge in [-0.05, 0) is 25.0 Å². The van der Waals surface area contributed by atoms with E-state index in [-0.39, 0.29) is 6.61 Å². The highest BCUT2D eigenvalue weighted by Gasteiger charge is 2.23. The van der Waals surface area contributed by atoms with Gasteiger partial charge in [-0.15, -0.1) is 0 Å². The van der Waals surface area contributed by atoms with Crippen molar-refractivity contribution in [2.75, 3.05) is 13.2 Å². The Hall–Kier alpha value is -1.66. The summed E-state index contributed by atoms with van der Waals surface area (Å²) in [6.07, 6.45) is 7.78. The van der Waals surface area contributed by atoms with Gasteiger partial charge in [0.1, 0.15) is 0 Å². The molecule has 114 valence electrons. The summed E-state index contributed by atoms with van der Waals surface area (Å²) in [5.41, 5.74) is 0. The third kappa shape index (κ3) is 3.51. The molecule has 2 heterocycles. The number of aromatic nitrogens is 2. The predicted octanol–water partition coefficient (Wildman–Crippen LogP) is 2.46. The second-order valence-electron chi connectivity index (χ2n) is 5.47. The van der Waals surface area contributed by atoms with Crippen molar-refractivity contribution in [3.8, 4) is 11.6 Å². The molecular formula is C15H21N3O3. The van der Waals surface area contributed by atoms with Crippen LogP contribution in [-0.4, -0.2) is 39.3 Å². The third-order valence-corrected chi connectivity index (χ3v) is 4.03. The molecule has 1 aliphatic rings. The van der Waals surface area contributed by atoms with Crippen molar-refractivity contribution in [1.82, 2.24) is 15.0 Å².